The number of hydrogen-bond acceptors (Lipinski definition) is 2. The molecular weight excluding hydrogens is 356 g/mol. The quantitative estimate of drug-likeness (QED) is 0.452. The van der Waals surface area contributed by atoms with Crippen molar-refractivity contribution >= 4 is 5.97 Å². The third kappa shape index (κ3) is 3.59. The molecule has 1 heterocycles. The van der Waals surface area contributed by atoms with Gasteiger partial charge < -0.3 is 4.74 Å². The van der Waals surface area contributed by atoms with E-state index in [-0.39, 0.29) is 17.5 Å². The SMILES string of the molecule is CC(C)CCC[C@@H](C)[C@H]1CC[C@H]2[C@@H]3[C@@H](C)C[C@H]4OC(=O)CC[C@]4(C)[C@H]3CC[C@]12C. The predicted molar refractivity (Wildman–Crippen MR) is 119 cm³/mol. The molecule has 4 fully saturated rings. The standard InChI is InChI=1S/C27H46O2/c1-17(2)8-7-9-18(3)20-10-11-21-25-19(4)16-23-27(6,15-13-24(28)29-23)22(25)12-14-26(20,21)5/h17-23,25H,7-16H2,1-6H3/t18-,19+,20-,21+,22+,23-,25+,26-,27-/m1/s1. The van der Waals surface area contributed by atoms with Gasteiger partial charge in [-0.15, -0.1) is 0 Å². The van der Waals surface area contributed by atoms with Crippen molar-refractivity contribution in [2.45, 2.75) is 112 Å². The molecule has 29 heavy (non-hydrogen) atoms. The van der Waals surface area contributed by atoms with Crippen LogP contribution in [-0.2, 0) is 9.53 Å². The summed E-state index contributed by atoms with van der Waals surface area (Å²) in [5.41, 5.74) is 0.772. The highest BCUT2D eigenvalue weighted by atomic mass is 16.5. The van der Waals surface area contributed by atoms with Crippen molar-refractivity contribution < 1.29 is 9.53 Å². The fraction of sp³-hybridized carbons (Fsp3) is 0.963. The van der Waals surface area contributed by atoms with E-state index in [1.807, 2.05) is 0 Å². The van der Waals surface area contributed by atoms with Crippen LogP contribution in [0.15, 0.2) is 0 Å². The summed E-state index contributed by atoms with van der Waals surface area (Å²) in [5.74, 6) is 5.88. The Labute approximate surface area is 179 Å². The van der Waals surface area contributed by atoms with E-state index in [0.29, 0.717) is 17.8 Å². The molecule has 9 atom stereocenters. The molecule has 0 bridgehead atoms. The molecule has 1 aliphatic heterocycles. The summed E-state index contributed by atoms with van der Waals surface area (Å²) in [7, 11) is 0. The second-order valence-corrected chi connectivity index (χ2v) is 12.5. The Hall–Kier alpha value is -0.530. The summed E-state index contributed by atoms with van der Waals surface area (Å²) < 4.78 is 5.93. The Morgan fingerprint density at radius 1 is 1.00 bits per heavy atom. The van der Waals surface area contributed by atoms with Crippen molar-refractivity contribution in [3.8, 4) is 0 Å². The van der Waals surface area contributed by atoms with Gasteiger partial charge in [0, 0.05) is 11.8 Å². The Morgan fingerprint density at radius 3 is 2.45 bits per heavy atom. The number of rotatable bonds is 5. The molecule has 0 spiro atoms. The molecular formula is C27H46O2. The second kappa shape index (κ2) is 7.86. The van der Waals surface area contributed by atoms with E-state index >= 15 is 0 Å². The van der Waals surface area contributed by atoms with Crippen LogP contribution in [0.25, 0.3) is 0 Å². The van der Waals surface area contributed by atoms with Crippen molar-refractivity contribution in [3.05, 3.63) is 0 Å². The van der Waals surface area contributed by atoms with Crippen molar-refractivity contribution in [1.82, 2.24) is 0 Å². The molecule has 0 N–H and O–H groups in total. The van der Waals surface area contributed by atoms with Crippen molar-refractivity contribution in [1.29, 1.82) is 0 Å². The number of carbonyl (C=O) groups excluding carboxylic acids is 1. The smallest absolute Gasteiger partial charge is 0.306 e. The Morgan fingerprint density at radius 2 is 1.72 bits per heavy atom. The molecule has 1 saturated heterocycles. The van der Waals surface area contributed by atoms with Gasteiger partial charge in [-0.2, -0.15) is 0 Å². The summed E-state index contributed by atoms with van der Waals surface area (Å²) in [5, 5.41) is 0. The van der Waals surface area contributed by atoms with Gasteiger partial charge >= 0.3 is 5.97 Å². The number of fused-ring (bicyclic) bond motifs is 5. The monoisotopic (exact) mass is 402 g/mol. The second-order valence-electron chi connectivity index (χ2n) is 12.5. The lowest BCUT2D eigenvalue weighted by Crippen LogP contribution is -2.59. The van der Waals surface area contributed by atoms with Gasteiger partial charge in [-0.05, 0) is 85.4 Å². The van der Waals surface area contributed by atoms with E-state index < -0.39 is 0 Å². The molecule has 3 saturated carbocycles. The summed E-state index contributed by atoms with van der Waals surface area (Å²) >= 11 is 0. The zero-order valence-corrected chi connectivity index (χ0v) is 20.0. The Bertz CT molecular complexity index is 612. The minimum atomic E-state index is 0.0509. The lowest BCUT2D eigenvalue weighted by Gasteiger charge is -2.61. The van der Waals surface area contributed by atoms with Gasteiger partial charge in [0.25, 0.3) is 0 Å². The largest absolute Gasteiger partial charge is 0.462 e. The maximum Gasteiger partial charge on any atom is 0.306 e. The fourth-order valence-electron chi connectivity index (χ4n) is 8.90. The van der Waals surface area contributed by atoms with Crippen molar-refractivity contribution in [3.63, 3.8) is 0 Å². The molecule has 4 aliphatic rings. The van der Waals surface area contributed by atoms with E-state index in [1.54, 1.807) is 0 Å². The van der Waals surface area contributed by atoms with Crippen LogP contribution in [0.2, 0.25) is 0 Å². The number of ether oxygens (including phenoxy) is 1. The van der Waals surface area contributed by atoms with Crippen molar-refractivity contribution in [2.75, 3.05) is 0 Å². The molecule has 2 nitrogen and oxygen atoms in total. The van der Waals surface area contributed by atoms with E-state index in [1.165, 1.54) is 44.9 Å². The van der Waals surface area contributed by atoms with Crippen LogP contribution in [0.1, 0.15) is 106 Å². The van der Waals surface area contributed by atoms with Gasteiger partial charge in [0.15, 0.2) is 0 Å². The topological polar surface area (TPSA) is 26.3 Å². The first-order valence-electron chi connectivity index (χ1n) is 12.9. The molecule has 0 aromatic heterocycles. The van der Waals surface area contributed by atoms with Crippen molar-refractivity contribution in [2.24, 2.45) is 52.3 Å². The molecule has 0 aromatic rings. The van der Waals surface area contributed by atoms with Crippen LogP contribution >= 0.6 is 0 Å². The van der Waals surface area contributed by atoms with Crippen LogP contribution < -0.4 is 0 Å². The van der Waals surface area contributed by atoms with E-state index in [9.17, 15) is 4.79 Å². The van der Waals surface area contributed by atoms with Gasteiger partial charge in [-0.1, -0.05) is 60.8 Å². The average molecular weight is 403 g/mol. The van der Waals surface area contributed by atoms with E-state index in [4.69, 9.17) is 4.74 Å². The minimum absolute atomic E-state index is 0.0509. The number of esters is 1. The van der Waals surface area contributed by atoms with Gasteiger partial charge in [0.1, 0.15) is 6.10 Å². The normalized spacial score (nSPS) is 47.9. The highest BCUT2D eigenvalue weighted by Gasteiger charge is 2.63. The van der Waals surface area contributed by atoms with Crippen LogP contribution in [0.4, 0.5) is 0 Å². The molecule has 0 aromatic carbocycles. The molecule has 4 rings (SSSR count). The lowest BCUT2D eigenvalue weighted by atomic mass is 9.45. The molecule has 166 valence electrons. The molecule has 0 radical (unpaired) electrons. The highest BCUT2D eigenvalue weighted by molar-refractivity contribution is 5.70. The van der Waals surface area contributed by atoms with Crippen LogP contribution in [0.5, 0.6) is 0 Å². The third-order valence-corrected chi connectivity index (χ3v) is 10.5. The lowest BCUT2D eigenvalue weighted by molar-refractivity contribution is -0.201. The number of hydrogen-bond donors (Lipinski definition) is 0. The summed E-state index contributed by atoms with van der Waals surface area (Å²) in [6.07, 6.45) is 12.9. The Kier molecular flexibility index (Phi) is 5.88. The third-order valence-electron chi connectivity index (χ3n) is 10.5. The molecule has 0 unspecified atom stereocenters. The molecule has 0 amide bonds. The minimum Gasteiger partial charge on any atom is -0.462 e. The summed E-state index contributed by atoms with van der Waals surface area (Å²) in [6, 6.07) is 0. The van der Waals surface area contributed by atoms with Crippen LogP contribution in [0.3, 0.4) is 0 Å². The first-order valence-corrected chi connectivity index (χ1v) is 12.9. The zero-order chi connectivity index (χ0) is 21.0. The maximum absolute atomic E-state index is 12.0. The van der Waals surface area contributed by atoms with Crippen LogP contribution in [-0.4, -0.2) is 12.1 Å². The predicted octanol–water partition coefficient (Wildman–Crippen LogP) is 7.26. The molecule has 3 aliphatic carbocycles. The maximum atomic E-state index is 12.0. The van der Waals surface area contributed by atoms with Gasteiger partial charge in [0.2, 0.25) is 0 Å². The first kappa shape index (κ1) is 21.7. The molecule has 2 heteroatoms. The average Bonchev–Trinajstić information content (AvgIpc) is 3.00. The van der Waals surface area contributed by atoms with E-state index in [2.05, 4.69) is 41.5 Å². The Balaban J connectivity index is 1.51. The highest BCUT2D eigenvalue weighted by Crippen LogP contribution is 2.68. The zero-order valence-electron chi connectivity index (χ0n) is 20.0. The van der Waals surface area contributed by atoms with Gasteiger partial charge in [-0.3, -0.25) is 4.79 Å². The number of carbonyl (C=O) groups is 1. The summed E-state index contributed by atoms with van der Waals surface area (Å²) in [4.78, 5) is 12.0. The first-order chi connectivity index (χ1) is 13.7. The van der Waals surface area contributed by atoms with Gasteiger partial charge in [-0.25, -0.2) is 0 Å². The van der Waals surface area contributed by atoms with E-state index in [0.717, 1.165) is 48.3 Å². The van der Waals surface area contributed by atoms with Gasteiger partial charge in [0.05, 0.1) is 0 Å². The fourth-order valence-corrected chi connectivity index (χ4v) is 8.90. The van der Waals surface area contributed by atoms with Crippen LogP contribution in [0, 0.1) is 52.3 Å². The summed E-state index contributed by atoms with van der Waals surface area (Å²) in [6.45, 7) is 14.9.